The topological polar surface area (TPSA) is 201 Å². The summed E-state index contributed by atoms with van der Waals surface area (Å²) in [7, 11) is -9.49. The Bertz CT molecular complexity index is 1260. The first-order chi connectivity index (χ1) is 18.4. The molecule has 5 N–H and O–H groups in total. The number of rotatable bonds is 8. The Morgan fingerprint density at radius 3 is 2.33 bits per heavy atom. The molecule has 14 nitrogen and oxygen atoms in total. The van der Waals surface area contributed by atoms with Crippen molar-refractivity contribution >= 4 is 43.8 Å². The third-order valence-electron chi connectivity index (χ3n) is 7.95. The summed E-state index contributed by atoms with van der Waals surface area (Å²) in [4.78, 5) is 43.0. The van der Waals surface area contributed by atoms with E-state index in [0.717, 1.165) is 31.8 Å². The van der Waals surface area contributed by atoms with E-state index in [1.54, 1.807) is 0 Å². The number of aromatic nitrogens is 4. The van der Waals surface area contributed by atoms with Crippen LogP contribution in [0.15, 0.2) is 6.33 Å². The highest BCUT2D eigenvalue weighted by Crippen LogP contribution is 2.55. The molecule has 0 bridgehead atoms. The number of ether oxygens (including phenoxy) is 1. The van der Waals surface area contributed by atoms with Crippen molar-refractivity contribution < 1.29 is 43.3 Å². The molecular weight excluding hydrogens is 576 g/mol. The summed E-state index contributed by atoms with van der Waals surface area (Å²) in [6, 6.07) is 0. The maximum absolute atomic E-state index is 12.0. The number of nitrogens with zero attached hydrogens (tertiary/aromatic N) is 5. The van der Waals surface area contributed by atoms with Gasteiger partial charge in [-0.25, -0.2) is 4.98 Å². The molecule has 3 aliphatic rings. The van der Waals surface area contributed by atoms with Gasteiger partial charge in [0.25, 0.3) is 0 Å². The average molecular weight is 610 g/mol. The summed E-state index contributed by atoms with van der Waals surface area (Å²) in [6.07, 6.45) is 4.61. The van der Waals surface area contributed by atoms with Crippen LogP contribution in [0.5, 0.6) is 0 Å². The number of halogens is 1. The predicted molar refractivity (Wildman–Crippen MR) is 140 cm³/mol. The molecule has 0 aromatic carbocycles. The molecular formula is C22H34ClN5O9P2. The summed E-state index contributed by atoms with van der Waals surface area (Å²) in [5, 5.41) is 21.2. The fourth-order valence-corrected chi connectivity index (χ4v) is 8.76. The molecule has 5 atom stereocenters. The summed E-state index contributed by atoms with van der Waals surface area (Å²) in [5.41, 5.74) is 0.744. The number of aliphatic hydroxyl groups is 2. The molecule has 0 radical (unpaired) electrons. The molecule has 2 aliphatic heterocycles. The van der Waals surface area contributed by atoms with Crippen LogP contribution in [-0.4, -0.2) is 88.3 Å². The fourth-order valence-electron chi connectivity index (χ4n) is 6.03. The maximum Gasteiger partial charge on any atom is 0.340 e. The van der Waals surface area contributed by atoms with Crippen LogP contribution in [0.1, 0.15) is 51.2 Å². The zero-order valence-corrected chi connectivity index (χ0v) is 23.7. The van der Waals surface area contributed by atoms with Crippen molar-refractivity contribution in [2.45, 2.75) is 69.5 Å². The number of anilines is 1. The van der Waals surface area contributed by atoms with Crippen LogP contribution < -0.4 is 4.90 Å². The maximum atomic E-state index is 12.0. The molecule has 2 aromatic rings. The SMILES string of the molecule is O=P(O)(O)CP(=O)(O)OC[C@H]1O[C@@H](n2cnc3c(N4CCC(C5CCCCC5)CC4)nc(Cl)nc32)[C@@H](O)C1O. The normalized spacial score (nSPS) is 29.2. The minimum absolute atomic E-state index is 0.0137. The zero-order valence-electron chi connectivity index (χ0n) is 21.2. The second kappa shape index (κ2) is 11.6. The Balaban J connectivity index is 1.30. The second-order valence-corrected chi connectivity index (χ2v) is 15.0. The van der Waals surface area contributed by atoms with Crippen LogP contribution in [0.2, 0.25) is 5.28 Å². The van der Waals surface area contributed by atoms with Gasteiger partial charge in [0.05, 0.1) is 12.9 Å². The molecule has 1 aliphatic carbocycles. The molecule has 218 valence electrons. The number of hydrogen-bond donors (Lipinski definition) is 5. The van der Waals surface area contributed by atoms with Crippen LogP contribution >= 0.6 is 26.8 Å². The van der Waals surface area contributed by atoms with E-state index in [-0.39, 0.29) is 10.9 Å². The smallest absolute Gasteiger partial charge is 0.340 e. The van der Waals surface area contributed by atoms with Crippen LogP contribution in [0, 0.1) is 11.8 Å². The van der Waals surface area contributed by atoms with Crippen molar-refractivity contribution in [2.75, 3.05) is 30.5 Å². The van der Waals surface area contributed by atoms with Crippen LogP contribution in [0.4, 0.5) is 5.82 Å². The van der Waals surface area contributed by atoms with E-state index in [4.69, 9.17) is 30.6 Å². The third-order valence-corrected chi connectivity index (χ3v) is 11.6. The number of fused-ring (bicyclic) bond motifs is 1. The van der Waals surface area contributed by atoms with E-state index in [1.807, 2.05) is 0 Å². The highest BCUT2D eigenvalue weighted by atomic mass is 35.5. The summed E-state index contributed by atoms with van der Waals surface area (Å²) in [6.45, 7) is 0.937. The lowest BCUT2D eigenvalue weighted by molar-refractivity contribution is -0.0483. The van der Waals surface area contributed by atoms with Crippen LogP contribution in [0.3, 0.4) is 0 Å². The zero-order chi connectivity index (χ0) is 27.9. The quantitative estimate of drug-likeness (QED) is 0.216. The third kappa shape index (κ3) is 6.67. The monoisotopic (exact) mass is 609 g/mol. The lowest BCUT2D eigenvalue weighted by Crippen LogP contribution is -2.37. The van der Waals surface area contributed by atoms with Gasteiger partial charge in [-0.15, -0.1) is 0 Å². The summed E-state index contributed by atoms with van der Waals surface area (Å²) in [5.74, 6) is 0.690. The van der Waals surface area contributed by atoms with Gasteiger partial charge in [0, 0.05) is 13.1 Å². The Morgan fingerprint density at radius 1 is 1.00 bits per heavy atom. The Kier molecular flexibility index (Phi) is 8.72. The molecule has 1 saturated carbocycles. The van der Waals surface area contributed by atoms with E-state index in [0.29, 0.717) is 17.3 Å². The van der Waals surface area contributed by atoms with Gasteiger partial charge in [-0.3, -0.25) is 13.7 Å². The molecule has 0 amide bonds. The van der Waals surface area contributed by atoms with E-state index in [1.165, 1.54) is 43.0 Å². The predicted octanol–water partition coefficient (Wildman–Crippen LogP) is 2.23. The van der Waals surface area contributed by atoms with Gasteiger partial charge in [-0.1, -0.05) is 32.1 Å². The van der Waals surface area contributed by atoms with Crippen molar-refractivity contribution in [1.29, 1.82) is 0 Å². The minimum atomic E-state index is -4.82. The van der Waals surface area contributed by atoms with Crippen molar-refractivity contribution in [1.82, 2.24) is 19.5 Å². The number of piperidine rings is 1. The lowest BCUT2D eigenvalue weighted by Gasteiger charge is -2.38. The van der Waals surface area contributed by atoms with Crippen LogP contribution in [0.25, 0.3) is 11.2 Å². The lowest BCUT2D eigenvalue weighted by atomic mass is 9.76. The van der Waals surface area contributed by atoms with E-state index in [9.17, 15) is 24.2 Å². The van der Waals surface area contributed by atoms with Crippen molar-refractivity contribution in [3.8, 4) is 0 Å². The summed E-state index contributed by atoms with van der Waals surface area (Å²) >= 11 is 6.29. The average Bonchev–Trinajstić information content (AvgIpc) is 3.42. The van der Waals surface area contributed by atoms with Crippen molar-refractivity contribution in [3.63, 3.8) is 0 Å². The molecule has 0 spiro atoms. The van der Waals surface area contributed by atoms with Gasteiger partial charge in [0.1, 0.15) is 18.3 Å². The van der Waals surface area contributed by atoms with Gasteiger partial charge >= 0.3 is 15.2 Å². The van der Waals surface area contributed by atoms with E-state index >= 15 is 0 Å². The molecule has 39 heavy (non-hydrogen) atoms. The molecule has 5 rings (SSSR count). The molecule has 3 fully saturated rings. The van der Waals surface area contributed by atoms with Crippen molar-refractivity contribution in [2.24, 2.45) is 11.8 Å². The van der Waals surface area contributed by atoms with E-state index in [2.05, 4.69) is 19.9 Å². The highest BCUT2D eigenvalue weighted by Gasteiger charge is 2.46. The molecule has 2 unspecified atom stereocenters. The largest absolute Gasteiger partial charge is 0.387 e. The summed E-state index contributed by atoms with van der Waals surface area (Å²) < 4.78 is 35.0. The van der Waals surface area contributed by atoms with Gasteiger partial charge < -0.3 is 39.1 Å². The highest BCUT2D eigenvalue weighted by molar-refractivity contribution is 7.70. The first-order valence-electron chi connectivity index (χ1n) is 13.1. The van der Waals surface area contributed by atoms with Gasteiger partial charge in [0.15, 0.2) is 29.1 Å². The minimum Gasteiger partial charge on any atom is -0.387 e. The number of hydrogen-bond acceptors (Lipinski definition) is 10. The number of imidazole rings is 1. The first kappa shape index (κ1) is 29.3. The van der Waals surface area contributed by atoms with Gasteiger partial charge in [-0.2, -0.15) is 9.97 Å². The first-order valence-corrected chi connectivity index (χ1v) is 17.0. The van der Waals surface area contributed by atoms with Crippen LogP contribution in [-0.2, 0) is 18.4 Å². The van der Waals surface area contributed by atoms with Crippen molar-refractivity contribution in [3.05, 3.63) is 11.6 Å². The molecule has 2 aromatic heterocycles. The van der Waals surface area contributed by atoms with Gasteiger partial charge in [-0.05, 0) is 36.3 Å². The number of aliphatic hydroxyl groups excluding tert-OH is 2. The Morgan fingerprint density at radius 2 is 1.67 bits per heavy atom. The molecule has 2 saturated heterocycles. The Labute approximate surface area is 230 Å². The Hall–Kier alpha value is -1.18. The standard InChI is InChI=1S/C22H34ClN5O9P2/c23-22-25-19(27-8-6-14(7-9-27)13-4-2-1-3-5-13)16-20(26-22)28(11-24-16)21-18(30)17(29)15(37-21)10-36-39(34,35)12-38(31,32)33/h11,13-15,17-18,21,29-30H,1-10,12H2,(H,34,35)(H2,31,32,33)/t15-,17?,18+,21-/m1/s1. The second-order valence-electron chi connectivity index (χ2n) is 10.6. The molecule has 4 heterocycles. The van der Waals surface area contributed by atoms with Gasteiger partial charge in [0.2, 0.25) is 5.28 Å². The van der Waals surface area contributed by atoms with E-state index < -0.39 is 52.2 Å². The molecule has 17 heteroatoms. The fraction of sp³-hybridized carbons (Fsp3) is 0.773.